The number of nitrogens with zero attached hydrogens (tertiary/aromatic N) is 2. The standard InChI is InChI=1S/C14H19N3O4/c1-4-17(8-12(18)15-9(2)3)13(19)10-6-5-7-11(16-10)14(20)21/h5-7,9H,4,8H2,1-3H3,(H,15,18)(H,20,21). The highest BCUT2D eigenvalue weighted by Gasteiger charge is 2.19. The number of rotatable bonds is 6. The lowest BCUT2D eigenvalue weighted by Crippen LogP contribution is -2.42. The fourth-order valence-corrected chi connectivity index (χ4v) is 1.70. The van der Waals surface area contributed by atoms with Crippen LogP contribution in [0.1, 0.15) is 41.7 Å². The summed E-state index contributed by atoms with van der Waals surface area (Å²) in [6.07, 6.45) is 0. The minimum absolute atomic E-state index is 0.00842. The predicted octanol–water partition coefficient (Wildman–Crippen LogP) is 0.766. The SMILES string of the molecule is CCN(CC(=O)NC(C)C)C(=O)c1cccc(C(=O)O)n1. The highest BCUT2D eigenvalue weighted by Crippen LogP contribution is 2.04. The quantitative estimate of drug-likeness (QED) is 0.807. The summed E-state index contributed by atoms with van der Waals surface area (Å²) in [5.41, 5.74) is -0.197. The van der Waals surface area contributed by atoms with Gasteiger partial charge >= 0.3 is 5.97 Å². The number of aromatic carboxylic acids is 1. The molecular weight excluding hydrogens is 274 g/mol. The van der Waals surface area contributed by atoms with Crippen molar-refractivity contribution in [3.05, 3.63) is 29.6 Å². The highest BCUT2D eigenvalue weighted by molar-refractivity contribution is 5.96. The van der Waals surface area contributed by atoms with Crippen molar-refractivity contribution < 1.29 is 19.5 Å². The number of aromatic nitrogens is 1. The molecule has 0 saturated heterocycles. The molecule has 0 aliphatic carbocycles. The van der Waals surface area contributed by atoms with Crippen molar-refractivity contribution in [2.45, 2.75) is 26.8 Å². The molecule has 0 aliphatic rings. The monoisotopic (exact) mass is 293 g/mol. The van der Waals surface area contributed by atoms with Gasteiger partial charge in [-0.05, 0) is 32.9 Å². The Balaban J connectivity index is 2.86. The van der Waals surface area contributed by atoms with E-state index in [1.165, 1.54) is 23.1 Å². The zero-order chi connectivity index (χ0) is 16.0. The second-order valence-electron chi connectivity index (χ2n) is 4.75. The fraction of sp³-hybridized carbons (Fsp3) is 0.429. The molecule has 0 fully saturated rings. The number of carbonyl (C=O) groups is 3. The zero-order valence-electron chi connectivity index (χ0n) is 12.3. The maximum Gasteiger partial charge on any atom is 0.354 e. The number of carbonyl (C=O) groups excluding carboxylic acids is 2. The number of amides is 2. The van der Waals surface area contributed by atoms with Gasteiger partial charge in [-0.25, -0.2) is 9.78 Å². The predicted molar refractivity (Wildman–Crippen MR) is 76.1 cm³/mol. The Labute approximate surface area is 123 Å². The van der Waals surface area contributed by atoms with Crippen molar-refractivity contribution in [3.63, 3.8) is 0 Å². The van der Waals surface area contributed by atoms with Crippen LogP contribution in [0.4, 0.5) is 0 Å². The van der Waals surface area contributed by atoms with E-state index < -0.39 is 11.9 Å². The number of nitrogens with one attached hydrogen (secondary N) is 1. The minimum Gasteiger partial charge on any atom is -0.477 e. The third-order valence-electron chi connectivity index (χ3n) is 2.64. The van der Waals surface area contributed by atoms with E-state index in [-0.39, 0.29) is 29.9 Å². The molecule has 0 atom stereocenters. The lowest BCUT2D eigenvalue weighted by molar-refractivity contribution is -0.122. The number of pyridine rings is 1. The molecule has 0 aromatic carbocycles. The molecule has 21 heavy (non-hydrogen) atoms. The van der Waals surface area contributed by atoms with Crippen LogP contribution in [0.15, 0.2) is 18.2 Å². The van der Waals surface area contributed by atoms with Crippen molar-refractivity contribution in [2.75, 3.05) is 13.1 Å². The van der Waals surface area contributed by atoms with Crippen LogP contribution in [0.3, 0.4) is 0 Å². The van der Waals surface area contributed by atoms with Crippen molar-refractivity contribution in [1.82, 2.24) is 15.2 Å². The van der Waals surface area contributed by atoms with E-state index in [1.54, 1.807) is 6.92 Å². The average Bonchev–Trinajstić information content (AvgIpc) is 2.43. The number of hydrogen-bond acceptors (Lipinski definition) is 4. The van der Waals surface area contributed by atoms with E-state index in [9.17, 15) is 14.4 Å². The van der Waals surface area contributed by atoms with Gasteiger partial charge in [-0.2, -0.15) is 0 Å². The molecule has 1 rings (SSSR count). The largest absolute Gasteiger partial charge is 0.477 e. The topological polar surface area (TPSA) is 99.6 Å². The first kappa shape index (κ1) is 16.6. The molecule has 1 aromatic rings. The third-order valence-corrected chi connectivity index (χ3v) is 2.64. The molecule has 7 heteroatoms. The summed E-state index contributed by atoms with van der Waals surface area (Å²) in [7, 11) is 0. The van der Waals surface area contributed by atoms with Crippen LogP contribution >= 0.6 is 0 Å². The van der Waals surface area contributed by atoms with Crippen LogP contribution in [0.25, 0.3) is 0 Å². The molecular formula is C14H19N3O4. The van der Waals surface area contributed by atoms with Crippen LogP contribution in [0, 0.1) is 0 Å². The van der Waals surface area contributed by atoms with Crippen LogP contribution < -0.4 is 5.32 Å². The maximum atomic E-state index is 12.3. The van der Waals surface area contributed by atoms with Gasteiger partial charge in [-0.15, -0.1) is 0 Å². The van der Waals surface area contributed by atoms with Crippen LogP contribution in [0.2, 0.25) is 0 Å². The molecule has 2 amide bonds. The normalized spacial score (nSPS) is 10.3. The zero-order valence-corrected chi connectivity index (χ0v) is 12.3. The van der Waals surface area contributed by atoms with E-state index in [4.69, 9.17) is 5.11 Å². The Morgan fingerprint density at radius 3 is 2.43 bits per heavy atom. The van der Waals surface area contributed by atoms with E-state index in [0.717, 1.165) is 0 Å². The first-order valence-electron chi connectivity index (χ1n) is 6.64. The van der Waals surface area contributed by atoms with Crippen LogP contribution in [-0.4, -0.2) is 51.9 Å². The summed E-state index contributed by atoms with van der Waals surface area (Å²) >= 11 is 0. The Kier molecular flexibility index (Phi) is 5.83. The summed E-state index contributed by atoms with van der Waals surface area (Å²) in [6.45, 7) is 5.62. The van der Waals surface area contributed by atoms with Gasteiger partial charge in [0.1, 0.15) is 11.4 Å². The molecule has 1 heterocycles. The van der Waals surface area contributed by atoms with Gasteiger partial charge in [-0.1, -0.05) is 6.07 Å². The van der Waals surface area contributed by atoms with Crippen molar-refractivity contribution in [2.24, 2.45) is 0 Å². The molecule has 0 bridgehead atoms. The highest BCUT2D eigenvalue weighted by atomic mass is 16.4. The Morgan fingerprint density at radius 1 is 1.29 bits per heavy atom. The van der Waals surface area contributed by atoms with E-state index in [2.05, 4.69) is 10.3 Å². The molecule has 114 valence electrons. The Hall–Kier alpha value is -2.44. The number of likely N-dealkylation sites (N-methyl/N-ethyl adjacent to an activating group) is 1. The van der Waals surface area contributed by atoms with E-state index >= 15 is 0 Å². The average molecular weight is 293 g/mol. The summed E-state index contributed by atoms with van der Waals surface area (Å²) in [5.74, 6) is -1.95. The summed E-state index contributed by atoms with van der Waals surface area (Å²) < 4.78 is 0. The Morgan fingerprint density at radius 2 is 1.90 bits per heavy atom. The van der Waals surface area contributed by atoms with Gasteiger partial charge in [0, 0.05) is 12.6 Å². The molecule has 0 unspecified atom stereocenters. The lowest BCUT2D eigenvalue weighted by Gasteiger charge is -2.20. The molecule has 7 nitrogen and oxygen atoms in total. The number of carboxylic acid groups (broad SMARTS) is 1. The molecule has 0 spiro atoms. The van der Waals surface area contributed by atoms with Crippen molar-refractivity contribution >= 4 is 17.8 Å². The van der Waals surface area contributed by atoms with Crippen molar-refractivity contribution in [1.29, 1.82) is 0 Å². The van der Waals surface area contributed by atoms with Gasteiger partial charge in [0.2, 0.25) is 5.91 Å². The summed E-state index contributed by atoms with van der Waals surface area (Å²) in [6, 6.07) is 4.17. The molecule has 0 aliphatic heterocycles. The van der Waals surface area contributed by atoms with E-state index in [1.807, 2.05) is 13.8 Å². The third kappa shape index (κ3) is 4.87. The Bertz CT molecular complexity index is 543. The maximum absolute atomic E-state index is 12.3. The number of carboxylic acids is 1. The summed E-state index contributed by atoms with van der Waals surface area (Å²) in [4.78, 5) is 39.9. The number of hydrogen-bond donors (Lipinski definition) is 2. The van der Waals surface area contributed by atoms with Crippen LogP contribution in [-0.2, 0) is 4.79 Å². The fourth-order valence-electron chi connectivity index (χ4n) is 1.70. The lowest BCUT2D eigenvalue weighted by atomic mass is 10.2. The van der Waals surface area contributed by atoms with E-state index in [0.29, 0.717) is 6.54 Å². The van der Waals surface area contributed by atoms with Gasteiger partial charge in [0.05, 0.1) is 6.54 Å². The molecule has 1 aromatic heterocycles. The molecule has 0 saturated carbocycles. The molecule has 2 N–H and O–H groups in total. The van der Waals surface area contributed by atoms with Crippen LogP contribution in [0.5, 0.6) is 0 Å². The van der Waals surface area contributed by atoms with Gasteiger partial charge in [0.15, 0.2) is 0 Å². The van der Waals surface area contributed by atoms with Gasteiger partial charge < -0.3 is 15.3 Å². The smallest absolute Gasteiger partial charge is 0.354 e. The molecule has 0 radical (unpaired) electrons. The second kappa shape index (κ2) is 7.37. The van der Waals surface area contributed by atoms with Gasteiger partial charge in [0.25, 0.3) is 5.91 Å². The minimum atomic E-state index is -1.20. The second-order valence-corrected chi connectivity index (χ2v) is 4.75. The first-order chi connectivity index (χ1) is 9.85. The summed E-state index contributed by atoms with van der Waals surface area (Å²) in [5, 5.41) is 11.6. The first-order valence-corrected chi connectivity index (χ1v) is 6.64. The van der Waals surface area contributed by atoms with Crippen molar-refractivity contribution in [3.8, 4) is 0 Å². The van der Waals surface area contributed by atoms with Gasteiger partial charge in [-0.3, -0.25) is 9.59 Å².